The number of aromatic nitrogens is 1. The molecular formula is C17H21N3O3. The molecule has 1 aliphatic rings. The minimum Gasteiger partial charge on any atom is -0.391 e. The predicted octanol–water partition coefficient (Wildman–Crippen LogP) is 0.230. The topological polar surface area (TPSA) is 88.6 Å². The summed E-state index contributed by atoms with van der Waals surface area (Å²) in [6, 6.07) is 8.61. The molecule has 1 fully saturated rings. The van der Waals surface area contributed by atoms with E-state index in [-0.39, 0.29) is 23.9 Å². The van der Waals surface area contributed by atoms with Gasteiger partial charge in [-0.1, -0.05) is 12.1 Å². The Morgan fingerprint density at radius 2 is 2.09 bits per heavy atom. The van der Waals surface area contributed by atoms with Crippen LogP contribution in [0, 0.1) is 6.92 Å². The maximum Gasteiger partial charge on any atom is 0.242 e. The molecule has 1 amide bonds. The molecule has 23 heavy (non-hydrogen) atoms. The van der Waals surface area contributed by atoms with Gasteiger partial charge in [0.05, 0.1) is 11.6 Å². The lowest BCUT2D eigenvalue weighted by Crippen LogP contribution is -2.52. The van der Waals surface area contributed by atoms with Crippen LogP contribution in [0.25, 0.3) is 10.9 Å². The third-order valence-corrected chi connectivity index (χ3v) is 4.33. The SMILES string of the molecule is Cc1cc(=O)c2ccccc2n1CC(=O)N1C[C@@H](N)C[C@@H](O)C1. The molecule has 3 N–H and O–H groups in total. The van der Waals surface area contributed by atoms with Gasteiger partial charge in [-0.25, -0.2) is 0 Å². The first-order chi connectivity index (χ1) is 11.0. The molecule has 2 atom stereocenters. The average Bonchev–Trinajstić information content (AvgIpc) is 2.50. The lowest BCUT2D eigenvalue weighted by molar-refractivity contribution is -0.135. The van der Waals surface area contributed by atoms with Gasteiger partial charge in [0.15, 0.2) is 5.43 Å². The highest BCUT2D eigenvalue weighted by Crippen LogP contribution is 2.15. The number of benzene rings is 1. The summed E-state index contributed by atoms with van der Waals surface area (Å²) in [5.41, 5.74) is 7.32. The fourth-order valence-electron chi connectivity index (χ4n) is 3.21. The Morgan fingerprint density at radius 1 is 1.35 bits per heavy atom. The number of nitrogens with two attached hydrogens (primary N) is 1. The second-order valence-corrected chi connectivity index (χ2v) is 6.20. The third-order valence-electron chi connectivity index (χ3n) is 4.33. The molecule has 2 heterocycles. The van der Waals surface area contributed by atoms with Gasteiger partial charge in [0.25, 0.3) is 0 Å². The first kappa shape index (κ1) is 15.7. The lowest BCUT2D eigenvalue weighted by Gasteiger charge is -2.34. The van der Waals surface area contributed by atoms with Gasteiger partial charge < -0.3 is 20.3 Å². The number of carbonyl (C=O) groups is 1. The number of aryl methyl sites for hydroxylation is 1. The number of para-hydroxylation sites is 1. The predicted molar refractivity (Wildman–Crippen MR) is 88.1 cm³/mol. The first-order valence-corrected chi connectivity index (χ1v) is 7.76. The molecule has 0 aliphatic carbocycles. The van der Waals surface area contributed by atoms with Crippen molar-refractivity contribution in [1.29, 1.82) is 0 Å². The van der Waals surface area contributed by atoms with Crippen LogP contribution >= 0.6 is 0 Å². The van der Waals surface area contributed by atoms with Gasteiger partial charge >= 0.3 is 0 Å². The summed E-state index contributed by atoms with van der Waals surface area (Å²) in [4.78, 5) is 26.3. The second-order valence-electron chi connectivity index (χ2n) is 6.20. The molecule has 2 aromatic rings. The van der Waals surface area contributed by atoms with E-state index in [0.29, 0.717) is 24.9 Å². The quantitative estimate of drug-likeness (QED) is 0.830. The van der Waals surface area contributed by atoms with Crippen molar-refractivity contribution in [3.05, 3.63) is 46.2 Å². The van der Waals surface area contributed by atoms with E-state index < -0.39 is 6.10 Å². The van der Waals surface area contributed by atoms with E-state index in [9.17, 15) is 14.7 Å². The van der Waals surface area contributed by atoms with Crippen LogP contribution in [0.15, 0.2) is 35.1 Å². The molecule has 3 rings (SSSR count). The molecule has 0 radical (unpaired) electrons. The maximum atomic E-state index is 12.6. The highest BCUT2D eigenvalue weighted by molar-refractivity contribution is 5.82. The number of amides is 1. The van der Waals surface area contributed by atoms with Crippen LogP contribution in [0.2, 0.25) is 0 Å². The Hall–Kier alpha value is -2.18. The largest absolute Gasteiger partial charge is 0.391 e. The number of rotatable bonds is 2. The number of likely N-dealkylation sites (tertiary alicyclic amines) is 1. The van der Waals surface area contributed by atoms with Crippen LogP contribution in [0.4, 0.5) is 0 Å². The number of aliphatic hydroxyl groups is 1. The highest BCUT2D eigenvalue weighted by atomic mass is 16.3. The summed E-state index contributed by atoms with van der Waals surface area (Å²) in [7, 11) is 0. The first-order valence-electron chi connectivity index (χ1n) is 7.76. The van der Waals surface area contributed by atoms with E-state index in [2.05, 4.69) is 0 Å². The molecule has 1 aliphatic heterocycles. The Kier molecular flexibility index (Phi) is 4.19. The van der Waals surface area contributed by atoms with Crippen molar-refractivity contribution < 1.29 is 9.90 Å². The molecule has 0 bridgehead atoms. The van der Waals surface area contributed by atoms with Crippen molar-refractivity contribution in [2.45, 2.75) is 32.0 Å². The number of fused-ring (bicyclic) bond motifs is 1. The zero-order valence-corrected chi connectivity index (χ0v) is 13.1. The van der Waals surface area contributed by atoms with E-state index in [1.165, 1.54) is 0 Å². The number of carbonyl (C=O) groups excluding carboxylic acids is 1. The lowest BCUT2D eigenvalue weighted by atomic mass is 10.0. The number of β-amino-alcohol motifs (C(OH)–C–C–N with tert-alkyl or cyclic N) is 1. The number of aliphatic hydroxyl groups excluding tert-OH is 1. The Labute approximate surface area is 134 Å². The van der Waals surface area contributed by atoms with Crippen LogP contribution in [-0.4, -0.2) is 45.7 Å². The standard InChI is InChI=1S/C17H21N3O3/c1-11-6-16(22)14-4-2-3-5-15(14)20(11)10-17(23)19-8-12(18)7-13(21)9-19/h2-6,12-13,21H,7-10,18H2,1H3/t12-,13+/m0/s1. The monoisotopic (exact) mass is 315 g/mol. The van der Waals surface area contributed by atoms with Crippen molar-refractivity contribution in [2.24, 2.45) is 5.73 Å². The van der Waals surface area contributed by atoms with E-state index in [0.717, 1.165) is 11.2 Å². The fourth-order valence-corrected chi connectivity index (χ4v) is 3.21. The van der Waals surface area contributed by atoms with Gasteiger partial charge in [-0.2, -0.15) is 0 Å². The molecule has 122 valence electrons. The van der Waals surface area contributed by atoms with Gasteiger partial charge in [-0.05, 0) is 25.5 Å². The fraction of sp³-hybridized carbons (Fsp3) is 0.412. The van der Waals surface area contributed by atoms with Crippen molar-refractivity contribution >= 4 is 16.8 Å². The number of nitrogens with zero attached hydrogens (tertiary/aromatic N) is 2. The molecular weight excluding hydrogens is 294 g/mol. The summed E-state index contributed by atoms with van der Waals surface area (Å²) in [6.45, 7) is 2.71. The van der Waals surface area contributed by atoms with Crippen LogP contribution in [0.3, 0.4) is 0 Å². The van der Waals surface area contributed by atoms with Crippen LogP contribution in [0.1, 0.15) is 12.1 Å². The summed E-state index contributed by atoms with van der Waals surface area (Å²) in [6.07, 6.45) is -0.0569. The van der Waals surface area contributed by atoms with Gasteiger partial charge in [-0.15, -0.1) is 0 Å². The molecule has 0 saturated carbocycles. The van der Waals surface area contributed by atoms with Crippen LogP contribution < -0.4 is 11.2 Å². The smallest absolute Gasteiger partial charge is 0.242 e. The number of piperidine rings is 1. The normalized spacial score (nSPS) is 21.6. The molecule has 1 aromatic heterocycles. The van der Waals surface area contributed by atoms with Gasteiger partial charge in [-0.3, -0.25) is 9.59 Å². The number of pyridine rings is 1. The van der Waals surface area contributed by atoms with Gasteiger partial charge in [0.2, 0.25) is 5.91 Å². The molecule has 1 aromatic carbocycles. The summed E-state index contributed by atoms with van der Waals surface area (Å²) in [5.74, 6) is -0.101. The van der Waals surface area contributed by atoms with E-state index in [4.69, 9.17) is 5.73 Å². The van der Waals surface area contributed by atoms with Crippen LogP contribution in [-0.2, 0) is 11.3 Å². The summed E-state index contributed by atoms with van der Waals surface area (Å²) in [5, 5.41) is 10.4. The maximum absolute atomic E-state index is 12.6. The zero-order valence-electron chi connectivity index (χ0n) is 13.1. The second kappa shape index (κ2) is 6.14. The van der Waals surface area contributed by atoms with Crippen molar-refractivity contribution in [3.8, 4) is 0 Å². The van der Waals surface area contributed by atoms with Crippen molar-refractivity contribution in [1.82, 2.24) is 9.47 Å². The summed E-state index contributed by atoms with van der Waals surface area (Å²) < 4.78 is 1.84. The number of hydrogen-bond donors (Lipinski definition) is 2. The highest BCUT2D eigenvalue weighted by Gasteiger charge is 2.27. The minimum absolute atomic E-state index is 0.0442. The van der Waals surface area contributed by atoms with Gasteiger partial charge in [0, 0.05) is 36.3 Å². The van der Waals surface area contributed by atoms with Crippen molar-refractivity contribution in [2.75, 3.05) is 13.1 Å². The Morgan fingerprint density at radius 3 is 2.83 bits per heavy atom. The van der Waals surface area contributed by atoms with E-state index in [1.807, 2.05) is 29.7 Å². The molecule has 1 saturated heterocycles. The Bertz CT molecular complexity index is 789. The van der Waals surface area contributed by atoms with Crippen molar-refractivity contribution in [3.63, 3.8) is 0 Å². The molecule has 6 heteroatoms. The van der Waals surface area contributed by atoms with Gasteiger partial charge in [0.1, 0.15) is 6.54 Å². The molecule has 0 unspecified atom stereocenters. The average molecular weight is 315 g/mol. The number of hydrogen-bond acceptors (Lipinski definition) is 4. The third kappa shape index (κ3) is 3.13. The van der Waals surface area contributed by atoms with Crippen LogP contribution in [0.5, 0.6) is 0 Å². The van der Waals surface area contributed by atoms with E-state index >= 15 is 0 Å². The minimum atomic E-state index is -0.574. The Balaban J connectivity index is 1.92. The molecule has 6 nitrogen and oxygen atoms in total. The van der Waals surface area contributed by atoms with E-state index in [1.54, 1.807) is 17.0 Å². The summed E-state index contributed by atoms with van der Waals surface area (Å²) >= 11 is 0. The zero-order chi connectivity index (χ0) is 16.6. The molecule has 0 spiro atoms.